The minimum absolute atomic E-state index is 0.123. The first-order chi connectivity index (χ1) is 8.77. The van der Waals surface area contributed by atoms with Crippen molar-refractivity contribution in [3.8, 4) is 5.75 Å². The average Bonchev–Trinajstić information content (AvgIpc) is 2.31. The van der Waals surface area contributed by atoms with Crippen LogP contribution in [0.4, 0.5) is 0 Å². The molecule has 0 radical (unpaired) electrons. The first-order valence-electron chi connectivity index (χ1n) is 6.59. The van der Waals surface area contributed by atoms with Gasteiger partial charge in [-0.1, -0.05) is 20.8 Å². The lowest BCUT2D eigenvalue weighted by Gasteiger charge is -2.22. The smallest absolute Gasteiger partial charge is 0.251 e. The Morgan fingerprint density at radius 3 is 2.53 bits per heavy atom. The van der Waals surface area contributed by atoms with Crippen LogP contribution in [0.2, 0.25) is 0 Å². The molecule has 0 aromatic heterocycles. The molecule has 4 N–H and O–H groups in total. The van der Waals surface area contributed by atoms with E-state index in [4.69, 9.17) is 5.73 Å². The Labute approximate surface area is 115 Å². The molecule has 106 valence electrons. The molecule has 0 spiro atoms. The van der Waals surface area contributed by atoms with Gasteiger partial charge >= 0.3 is 0 Å². The number of rotatable bonds is 4. The lowest BCUT2D eigenvalue weighted by molar-refractivity contribution is 0.0953. The number of carbonyl (C=O) groups excluding carboxylic acids is 1. The van der Waals surface area contributed by atoms with Gasteiger partial charge < -0.3 is 16.2 Å². The lowest BCUT2D eigenvalue weighted by atomic mass is 9.84. The van der Waals surface area contributed by atoms with Crippen molar-refractivity contribution in [3.05, 3.63) is 28.8 Å². The highest BCUT2D eigenvalue weighted by molar-refractivity contribution is 5.95. The van der Waals surface area contributed by atoms with E-state index < -0.39 is 0 Å². The highest BCUT2D eigenvalue weighted by Crippen LogP contribution is 2.33. The van der Waals surface area contributed by atoms with Gasteiger partial charge in [-0.25, -0.2) is 0 Å². The summed E-state index contributed by atoms with van der Waals surface area (Å²) in [5.74, 6) is 0.146. The van der Waals surface area contributed by atoms with E-state index in [9.17, 15) is 9.90 Å². The number of carbonyl (C=O) groups is 1. The molecule has 0 unspecified atom stereocenters. The van der Waals surface area contributed by atoms with Crippen LogP contribution in [0.1, 0.15) is 48.7 Å². The third-order valence-electron chi connectivity index (χ3n) is 3.04. The minimum atomic E-state index is -0.206. The molecular weight excluding hydrogens is 240 g/mol. The van der Waals surface area contributed by atoms with Crippen molar-refractivity contribution in [2.75, 3.05) is 13.1 Å². The lowest BCUT2D eigenvalue weighted by Crippen LogP contribution is -2.26. The number of nitrogens with one attached hydrogen (secondary N) is 1. The van der Waals surface area contributed by atoms with Gasteiger partial charge in [0.1, 0.15) is 5.75 Å². The summed E-state index contributed by atoms with van der Waals surface area (Å²) in [6.07, 6.45) is 0.759. The molecule has 4 heteroatoms. The fourth-order valence-corrected chi connectivity index (χ4v) is 1.89. The second-order valence-corrected chi connectivity index (χ2v) is 5.84. The molecule has 1 aromatic rings. The molecule has 4 nitrogen and oxygen atoms in total. The zero-order valence-corrected chi connectivity index (χ0v) is 12.2. The van der Waals surface area contributed by atoms with Crippen LogP contribution >= 0.6 is 0 Å². The van der Waals surface area contributed by atoms with Crippen molar-refractivity contribution >= 4 is 5.91 Å². The second-order valence-electron chi connectivity index (χ2n) is 5.84. The maximum Gasteiger partial charge on any atom is 0.251 e. The van der Waals surface area contributed by atoms with Crippen LogP contribution in [-0.2, 0) is 5.41 Å². The predicted molar refractivity (Wildman–Crippen MR) is 77.5 cm³/mol. The topological polar surface area (TPSA) is 75.4 Å². The number of hydrogen-bond acceptors (Lipinski definition) is 3. The molecule has 0 atom stereocenters. The van der Waals surface area contributed by atoms with Crippen LogP contribution in [0.5, 0.6) is 5.75 Å². The van der Waals surface area contributed by atoms with Crippen molar-refractivity contribution in [2.24, 2.45) is 5.73 Å². The number of amides is 1. The Balaban J connectivity index is 3.03. The number of nitrogens with two attached hydrogens (primary N) is 1. The number of aryl methyl sites for hydroxylation is 1. The number of phenols is 1. The van der Waals surface area contributed by atoms with Gasteiger partial charge in [-0.05, 0) is 43.0 Å². The van der Waals surface area contributed by atoms with Gasteiger partial charge in [0.2, 0.25) is 0 Å². The molecule has 0 aliphatic rings. The van der Waals surface area contributed by atoms with Gasteiger partial charge in [0, 0.05) is 17.7 Å². The van der Waals surface area contributed by atoms with Crippen LogP contribution < -0.4 is 11.1 Å². The molecule has 0 saturated heterocycles. The SMILES string of the molecule is Cc1cc(C(=O)NCCCN)cc(C(C)(C)C)c1O. The molecule has 0 aliphatic carbocycles. The van der Waals surface area contributed by atoms with E-state index in [-0.39, 0.29) is 17.1 Å². The summed E-state index contributed by atoms with van der Waals surface area (Å²) < 4.78 is 0. The molecule has 0 aliphatic heterocycles. The molecule has 0 bridgehead atoms. The quantitative estimate of drug-likeness (QED) is 0.729. The number of benzene rings is 1. The van der Waals surface area contributed by atoms with Crippen molar-refractivity contribution in [1.29, 1.82) is 0 Å². The summed E-state index contributed by atoms with van der Waals surface area (Å²) in [6, 6.07) is 3.47. The Morgan fingerprint density at radius 1 is 1.37 bits per heavy atom. The fourth-order valence-electron chi connectivity index (χ4n) is 1.89. The Morgan fingerprint density at radius 2 is 2.00 bits per heavy atom. The van der Waals surface area contributed by atoms with E-state index in [1.54, 1.807) is 19.1 Å². The van der Waals surface area contributed by atoms with Gasteiger partial charge in [0.25, 0.3) is 5.91 Å². The highest BCUT2D eigenvalue weighted by atomic mass is 16.3. The predicted octanol–water partition coefficient (Wildman–Crippen LogP) is 2.08. The molecule has 1 amide bonds. The Hall–Kier alpha value is -1.55. The van der Waals surface area contributed by atoms with Gasteiger partial charge in [0.05, 0.1) is 0 Å². The third kappa shape index (κ3) is 3.96. The summed E-state index contributed by atoms with van der Waals surface area (Å²) in [5.41, 5.74) is 7.28. The van der Waals surface area contributed by atoms with Gasteiger partial charge in [-0.15, -0.1) is 0 Å². The van der Waals surface area contributed by atoms with Crippen LogP contribution in [-0.4, -0.2) is 24.1 Å². The first kappa shape index (κ1) is 15.5. The Kier molecular flexibility index (Phi) is 4.95. The van der Waals surface area contributed by atoms with Crippen LogP contribution in [0.15, 0.2) is 12.1 Å². The summed E-state index contributed by atoms with van der Waals surface area (Å²) in [4.78, 5) is 12.0. The molecule has 1 aromatic carbocycles. The minimum Gasteiger partial charge on any atom is -0.507 e. The zero-order chi connectivity index (χ0) is 14.6. The second kappa shape index (κ2) is 6.06. The van der Waals surface area contributed by atoms with Crippen molar-refractivity contribution < 1.29 is 9.90 Å². The maximum atomic E-state index is 12.0. The average molecular weight is 264 g/mol. The van der Waals surface area contributed by atoms with E-state index in [2.05, 4.69) is 5.32 Å². The van der Waals surface area contributed by atoms with E-state index in [1.807, 2.05) is 20.8 Å². The number of phenolic OH excluding ortho intramolecular Hbond substituents is 1. The largest absolute Gasteiger partial charge is 0.507 e. The third-order valence-corrected chi connectivity index (χ3v) is 3.04. The molecular formula is C15H24N2O2. The van der Waals surface area contributed by atoms with E-state index in [0.717, 1.165) is 17.5 Å². The maximum absolute atomic E-state index is 12.0. The molecule has 0 fully saturated rings. The van der Waals surface area contributed by atoms with Gasteiger partial charge in [0.15, 0.2) is 0 Å². The summed E-state index contributed by atoms with van der Waals surface area (Å²) in [5, 5.41) is 12.9. The monoisotopic (exact) mass is 264 g/mol. The van der Waals surface area contributed by atoms with E-state index >= 15 is 0 Å². The molecule has 19 heavy (non-hydrogen) atoms. The Bertz CT molecular complexity index is 462. The fraction of sp³-hybridized carbons (Fsp3) is 0.533. The van der Waals surface area contributed by atoms with Crippen LogP contribution in [0.3, 0.4) is 0 Å². The van der Waals surface area contributed by atoms with Gasteiger partial charge in [-0.3, -0.25) is 4.79 Å². The highest BCUT2D eigenvalue weighted by Gasteiger charge is 2.21. The van der Waals surface area contributed by atoms with Gasteiger partial charge in [-0.2, -0.15) is 0 Å². The zero-order valence-electron chi connectivity index (χ0n) is 12.2. The van der Waals surface area contributed by atoms with E-state index in [0.29, 0.717) is 18.7 Å². The van der Waals surface area contributed by atoms with Crippen LogP contribution in [0, 0.1) is 6.92 Å². The standard InChI is InChI=1S/C15H24N2O2/c1-10-8-11(14(19)17-7-5-6-16)9-12(13(10)18)15(2,3)4/h8-9,18H,5-7,16H2,1-4H3,(H,17,19). The normalized spacial score (nSPS) is 11.4. The van der Waals surface area contributed by atoms with Crippen molar-refractivity contribution in [3.63, 3.8) is 0 Å². The van der Waals surface area contributed by atoms with Crippen LogP contribution in [0.25, 0.3) is 0 Å². The summed E-state index contributed by atoms with van der Waals surface area (Å²) >= 11 is 0. The molecule has 0 saturated carbocycles. The van der Waals surface area contributed by atoms with Crippen molar-refractivity contribution in [1.82, 2.24) is 5.32 Å². The van der Waals surface area contributed by atoms with Crippen molar-refractivity contribution in [2.45, 2.75) is 39.5 Å². The summed E-state index contributed by atoms with van der Waals surface area (Å²) in [6.45, 7) is 8.97. The number of aromatic hydroxyl groups is 1. The first-order valence-corrected chi connectivity index (χ1v) is 6.59. The van der Waals surface area contributed by atoms with E-state index in [1.165, 1.54) is 0 Å². The molecule has 1 rings (SSSR count). The number of hydrogen-bond donors (Lipinski definition) is 3. The molecule has 0 heterocycles. The summed E-state index contributed by atoms with van der Waals surface area (Å²) in [7, 11) is 0.